The van der Waals surface area contributed by atoms with E-state index in [1.54, 1.807) is 22.9 Å². The second kappa shape index (κ2) is 8.36. The number of nitrogens with one attached hydrogen (secondary N) is 1. The molecule has 3 heterocycles. The van der Waals surface area contributed by atoms with Gasteiger partial charge in [0.1, 0.15) is 17.5 Å². The van der Waals surface area contributed by atoms with Crippen molar-refractivity contribution in [2.24, 2.45) is 0 Å². The summed E-state index contributed by atoms with van der Waals surface area (Å²) in [5.41, 5.74) is 0.565. The van der Waals surface area contributed by atoms with Crippen LogP contribution in [0.4, 0.5) is 4.39 Å². The van der Waals surface area contributed by atoms with Crippen LogP contribution in [0.3, 0.4) is 0 Å². The van der Waals surface area contributed by atoms with Gasteiger partial charge in [0.15, 0.2) is 5.65 Å². The number of halogens is 1. The minimum atomic E-state index is -0.367. The van der Waals surface area contributed by atoms with Crippen molar-refractivity contribution in [2.45, 2.75) is 19.5 Å². The van der Waals surface area contributed by atoms with E-state index in [1.165, 1.54) is 34.5 Å². The highest BCUT2D eigenvalue weighted by Gasteiger charge is 2.12. The minimum Gasteiger partial charge on any atom is -0.354 e. The number of rotatable bonds is 7. The standard InChI is InChI=1S/C20H18FN5O2S/c21-17-6-2-1-4-14(17)12-25-13-23-19-16(20(25)28)11-24-26(19)8-7-22-18(27)10-15-5-3-9-29-15/h1-6,9,11,13H,7-8,10,12H2,(H,22,27). The van der Waals surface area contributed by atoms with E-state index in [0.717, 1.165) is 4.88 Å². The number of amides is 1. The molecule has 0 saturated heterocycles. The van der Waals surface area contributed by atoms with Crippen molar-refractivity contribution in [1.29, 1.82) is 0 Å². The molecule has 1 aromatic carbocycles. The van der Waals surface area contributed by atoms with Gasteiger partial charge in [-0.1, -0.05) is 24.3 Å². The average Bonchev–Trinajstić information content (AvgIpc) is 3.36. The lowest BCUT2D eigenvalue weighted by atomic mass is 10.2. The number of hydrogen-bond acceptors (Lipinski definition) is 5. The minimum absolute atomic E-state index is 0.0656. The third-order valence-electron chi connectivity index (χ3n) is 4.48. The molecular formula is C20H18FN5O2S. The average molecular weight is 411 g/mol. The highest BCUT2D eigenvalue weighted by molar-refractivity contribution is 7.10. The number of carbonyl (C=O) groups excluding carboxylic acids is 1. The van der Waals surface area contributed by atoms with Gasteiger partial charge in [0.2, 0.25) is 5.91 Å². The van der Waals surface area contributed by atoms with Crippen LogP contribution in [0.15, 0.2) is 59.1 Å². The fourth-order valence-electron chi connectivity index (χ4n) is 3.02. The lowest BCUT2D eigenvalue weighted by Gasteiger charge is -2.08. The van der Waals surface area contributed by atoms with Crippen molar-refractivity contribution >= 4 is 28.3 Å². The third-order valence-corrected chi connectivity index (χ3v) is 5.36. The van der Waals surface area contributed by atoms with Crippen LogP contribution in [0.25, 0.3) is 11.0 Å². The SMILES string of the molecule is O=C(Cc1cccs1)NCCn1ncc2c(=O)n(Cc3ccccc3F)cnc21. The highest BCUT2D eigenvalue weighted by atomic mass is 32.1. The Labute approximate surface area is 169 Å². The molecule has 4 aromatic rings. The van der Waals surface area contributed by atoms with Crippen molar-refractivity contribution in [1.82, 2.24) is 24.6 Å². The monoisotopic (exact) mass is 411 g/mol. The fourth-order valence-corrected chi connectivity index (χ4v) is 3.72. The molecule has 0 unspecified atom stereocenters. The molecule has 0 aliphatic carbocycles. The largest absolute Gasteiger partial charge is 0.354 e. The summed E-state index contributed by atoms with van der Waals surface area (Å²) in [6.45, 7) is 0.864. The summed E-state index contributed by atoms with van der Waals surface area (Å²) >= 11 is 1.54. The van der Waals surface area contributed by atoms with Gasteiger partial charge < -0.3 is 5.32 Å². The summed E-state index contributed by atoms with van der Waals surface area (Å²) in [4.78, 5) is 30.0. The molecule has 1 amide bonds. The lowest BCUT2D eigenvalue weighted by molar-refractivity contribution is -0.120. The van der Waals surface area contributed by atoms with E-state index in [1.807, 2.05) is 17.5 Å². The van der Waals surface area contributed by atoms with E-state index in [-0.39, 0.29) is 23.8 Å². The molecule has 0 saturated carbocycles. The number of nitrogens with zero attached hydrogens (tertiary/aromatic N) is 4. The predicted octanol–water partition coefficient (Wildman–Crippen LogP) is 2.20. The molecule has 0 aliphatic heterocycles. The first-order chi connectivity index (χ1) is 14.1. The maximum Gasteiger partial charge on any atom is 0.264 e. The first kappa shape index (κ1) is 19.0. The van der Waals surface area contributed by atoms with Crippen molar-refractivity contribution in [3.8, 4) is 0 Å². The molecule has 4 rings (SSSR count). The Morgan fingerprint density at radius 1 is 1.21 bits per heavy atom. The predicted molar refractivity (Wildman–Crippen MR) is 108 cm³/mol. The third kappa shape index (κ3) is 4.24. The summed E-state index contributed by atoms with van der Waals surface area (Å²) in [6, 6.07) is 10.1. The van der Waals surface area contributed by atoms with Gasteiger partial charge in [-0.2, -0.15) is 5.10 Å². The molecule has 0 atom stereocenters. The Hall–Kier alpha value is -3.33. The molecule has 148 valence electrons. The van der Waals surface area contributed by atoms with E-state index in [0.29, 0.717) is 36.1 Å². The molecule has 29 heavy (non-hydrogen) atoms. The van der Waals surface area contributed by atoms with Gasteiger partial charge >= 0.3 is 0 Å². The van der Waals surface area contributed by atoms with E-state index in [2.05, 4.69) is 15.4 Å². The summed E-state index contributed by atoms with van der Waals surface area (Å²) in [7, 11) is 0. The van der Waals surface area contributed by atoms with Crippen LogP contribution in [0.5, 0.6) is 0 Å². The summed E-state index contributed by atoms with van der Waals surface area (Å²) in [5, 5.41) is 9.34. The second-order valence-electron chi connectivity index (χ2n) is 6.48. The normalized spacial score (nSPS) is 11.1. The first-order valence-corrected chi connectivity index (χ1v) is 9.93. The van der Waals surface area contributed by atoms with E-state index >= 15 is 0 Å². The van der Waals surface area contributed by atoms with Gasteiger partial charge in [0, 0.05) is 17.0 Å². The molecule has 9 heteroatoms. The van der Waals surface area contributed by atoms with Crippen molar-refractivity contribution in [2.75, 3.05) is 6.54 Å². The number of hydrogen-bond donors (Lipinski definition) is 1. The summed E-state index contributed by atoms with van der Waals surface area (Å²) in [5.74, 6) is -0.433. The van der Waals surface area contributed by atoms with Gasteiger partial charge in [-0.3, -0.25) is 14.2 Å². The molecule has 0 radical (unpaired) electrons. The lowest BCUT2D eigenvalue weighted by Crippen LogP contribution is -2.28. The number of aromatic nitrogens is 4. The van der Waals surface area contributed by atoms with Gasteiger partial charge in [-0.05, 0) is 17.5 Å². The number of carbonyl (C=O) groups is 1. The zero-order valence-corrected chi connectivity index (χ0v) is 16.2. The van der Waals surface area contributed by atoms with Crippen LogP contribution in [-0.2, 0) is 24.3 Å². The van der Waals surface area contributed by atoms with Gasteiger partial charge in [-0.15, -0.1) is 11.3 Å². The molecule has 0 fully saturated rings. The molecule has 1 N–H and O–H groups in total. The smallest absolute Gasteiger partial charge is 0.264 e. The highest BCUT2D eigenvalue weighted by Crippen LogP contribution is 2.10. The van der Waals surface area contributed by atoms with E-state index in [9.17, 15) is 14.0 Å². The van der Waals surface area contributed by atoms with E-state index < -0.39 is 0 Å². The molecule has 3 aromatic heterocycles. The summed E-state index contributed by atoms with van der Waals surface area (Å²) in [6.07, 6.45) is 3.19. The zero-order chi connectivity index (χ0) is 20.2. The Bertz CT molecular complexity index is 1200. The van der Waals surface area contributed by atoms with E-state index in [4.69, 9.17) is 0 Å². The number of fused-ring (bicyclic) bond motifs is 1. The maximum absolute atomic E-state index is 13.9. The van der Waals surface area contributed by atoms with Gasteiger partial charge in [-0.25, -0.2) is 14.1 Å². The zero-order valence-electron chi connectivity index (χ0n) is 15.4. The van der Waals surface area contributed by atoms with Crippen LogP contribution in [-0.4, -0.2) is 31.8 Å². The number of benzene rings is 1. The second-order valence-corrected chi connectivity index (χ2v) is 7.51. The molecule has 0 bridgehead atoms. The summed E-state index contributed by atoms with van der Waals surface area (Å²) < 4.78 is 16.8. The first-order valence-electron chi connectivity index (χ1n) is 9.05. The van der Waals surface area contributed by atoms with Gasteiger partial charge in [0.05, 0.1) is 25.7 Å². The maximum atomic E-state index is 13.9. The molecule has 7 nitrogen and oxygen atoms in total. The quantitative estimate of drug-likeness (QED) is 0.506. The van der Waals surface area contributed by atoms with Crippen LogP contribution in [0.2, 0.25) is 0 Å². The Morgan fingerprint density at radius 3 is 2.86 bits per heavy atom. The van der Waals surface area contributed by atoms with Crippen LogP contribution >= 0.6 is 11.3 Å². The van der Waals surface area contributed by atoms with Crippen molar-refractivity contribution in [3.63, 3.8) is 0 Å². The Kier molecular flexibility index (Phi) is 5.48. The van der Waals surface area contributed by atoms with Crippen LogP contribution in [0.1, 0.15) is 10.4 Å². The topological polar surface area (TPSA) is 81.8 Å². The molecule has 0 aliphatic rings. The van der Waals surface area contributed by atoms with Crippen molar-refractivity contribution < 1.29 is 9.18 Å². The Morgan fingerprint density at radius 2 is 2.07 bits per heavy atom. The Balaban J connectivity index is 1.44. The fraction of sp³-hybridized carbons (Fsp3) is 0.200. The van der Waals surface area contributed by atoms with Crippen molar-refractivity contribution in [3.05, 3.63) is 80.9 Å². The van der Waals surface area contributed by atoms with Crippen LogP contribution < -0.4 is 10.9 Å². The van der Waals surface area contributed by atoms with Crippen LogP contribution in [0, 0.1) is 5.82 Å². The molecular weight excluding hydrogens is 393 g/mol. The molecule has 0 spiro atoms. The number of thiophene rings is 1. The van der Waals surface area contributed by atoms with Gasteiger partial charge in [0.25, 0.3) is 5.56 Å².